The van der Waals surface area contributed by atoms with Gasteiger partial charge < -0.3 is 14.4 Å². The molecule has 0 heterocycles. The molecule has 0 amide bonds. The van der Waals surface area contributed by atoms with Crippen LogP contribution in [0.25, 0.3) is 0 Å². The summed E-state index contributed by atoms with van der Waals surface area (Å²) in [6, 6.07) is 0. The number of ether oxygens (including phenoxy) is 2. The normalized spacial score (nSPS) is 12.2. The molecular formula is C42H83NO4. The van der Waals surface area contributed by atoms with Gasteiger partial charge in [0.15, 0.2) is 0 Å². The molecule has 0 aliphatic rings. The molecule has 5 nitrogen and oxygen atoms in total. The van der Waals surface area contributed by atoms with Gasteiger partial charge in [-0.2, -0.15) is 0 Å². The lowest BCUT2D eigenvalue weighted by atomic mass is 10.0. The highest BCUT2D eigenvalue weighted by atomic mass is 16.5. The molecule has 0 aliphatic carbocycles. The molecule has 0 fully saturated rings. The molecule has 0 N–H and O–H groups in total. The number of nitrogens with zero attached hydrogens (tertiary/aromatic N) is 1. The second-order valence-corrected chi connectivity index (χ2v) is 14.5. The van der Waals surface area contributed by atoms with Crippen LogP contribution in [0.15, 0.2) is 0 Å². The van der Waals surface area contributed by atoms with E-state index in [2.05, 4.69) is 32.6 Å². The standard InChI is InChI=1S/C42H83NO4/c1-6-10-13-16-19-24-31-39(5)46-41(44)34-27-22-29-37-43(36-9-4)38-30-23-28-35-42(45)47-40(32-25-20-17-14-11-7-2)33-26-21-18-15-12-8-3/h39-40H,6-38H2,1-5H3. The van der Waals surface area contributed by atoms with E-state index in [1.165, 1.54) is 109 Å². The number of hydrogen-bond acceptors (Lipinski definition) is 5. The van der Waals surface area contributed by atoms with Crippen molar-refractivity contribution in [1.82, 2.24) is 4.90 Å². The lowest BCUT2D eigenvalue weighted by Crippen LogP contribution is -2.27. The van der Waals surface area contributed by atoms with Crippen LogP contribution in [-0.2, 0) is 19.1 Å². The van der Waals surface area contributed by atoms with Crippen LogP contribution in [0.3, 0.4) is 0 Å². The lowest BCUT2D eigenvalue weighted by molar-refractivity contribution is -0.150. The Kier molecular flexibility index (Phi) is 35.3. The van der Waals surface area contributed by atoms with Gasteiger partial charge in [0.1, 0.15) is 6.10 Å². The van der Waals surface area contributed by atoms with E-state index in [-0.39, 0.29) is 24.1 Å². The predicted octanol–water partition coefficient (Wildman–Crippen LogP) is 12.9. The predicted molar refractivity (Wildman–Crippen MR) is 203 cm³/mol. The van der Waals surface area contributed by atoms with E-state index in [1.54, 1.807) is 0 Å². The van der Waals surface area contributed by atoms with E-state index in [9.17, 15) is 9.59 Å². The third-order valence-electron chi connectivity index (χ3n) is 9.60. The van der Waals surface area contributed by atoms with Gasteiger partial charge in [0.2, 0.25) is 0 Å². The zero-order valence-electron chi connectivity index (χ0n) is 32.6. The van der Waals surface area contributed by atoms with Crippen LogP contribution < -0.4 is 0 Å². The van der Waals surface area contributed by atoms with E-state index >= 15 is 0 Å². The minimum absolute atomic E-state index is 0.0210. The fraction of sp³-hybridized carbons (Fsp3) is 0.952. The van der Waals surface area contributed by atoms with Crippen molar-refractivity contribution in [2.75, 3.05) is 19.6 Å². The summed E-state index contributed by atoms with van der Waals surface area (Å²) in [5, 5.41) is 0. The minimum atomic E-state index is -0.0245. The first-order valence-corrected chi connectivity index (χ1v) is 21.1. The number of unbranched alkanes of at least 4 members (excludes halogenated alkanes) is 19. The summed E-state index contributed by atoms with van der Waals surface area (Å²) in [4.78, 5) is 27.6. The fourth-order valence-corrected chi connectivity index (χ4v) is 6.58. The molecule has 5 heteroatoms. The first kappa shape index (κ1) is 45.9. The summed E-state index contributed by atoms with van der Waals surface area (Å²) in [6.07, 6.45) is 34.9. The number of rotatable bonds is 37. The smallest absolute Gasteiger partial charge is 0.306 e. The van der Waals surface area contributed by atoms with Gasteiger partial charge in [0, 0.05) is 12.8 Å². The van der Waals surface area contributed by atoms with Gasteiger partial charge in [-0.05, 0) is 97.2 Å². The van der Waals surface area contributed by atoms with Crippen molar-refractivity contribution < 1.29 is 19.1 Å². The Morgan fingerprint density at radius 1 is 0.426 bits per heavy atom. The van der Waals surface area contributed by atoms with Crippen molar-refractivity contribution in [2.24, 2.45) is 0 Å². The highest BCUT2D eigenvalue weighted by Gasteiger charge is 2.15. The van der Waals surface area contributed by atoms with Gasteiger partial charge in [0.05, 0.1) is 6.10 Å². The van der Waals surface area contributed by atoms with Gasteiger partial charge in [-0.1, -0.05) is 137 Å². The van der Waals surface area contributed by atoms with Crippen LogP contribution in [0, 0.1) is 0 Å². The molecular weight excluding hydrogens is 582 g/mol. The second kappa shape index (κ2) is 36.2. The van der Waals surface area contributed by atoms with Gasteiger partial charge >= 0.3 is 11.9 Å². The summed E-state index contributed by atoms with van der Waals surface area (Å²) in [6.45, 7) is 14.4. The molecule has 0 saturated heterocycles. The zero-order chi connectivity index (χ0) is 34.6. The molecule has 0 bridgehead atoms. The Hall–Kier alpha value is -1.10. The lowest BCUT2D eigenvalue weighted by Gasteiger charge is -2.21. The van der Waals surface area contributed by atoms with Crippen molar-refractivity contribution in [1.29, 1.82) is 0 Å². The Labute approximate surface area is 294 Å². The second-order valence-electron chi connectivity index (χ2n) is 14.5. The van der Waals surface area contributed by atoms with E-state index in [0.29, 0.717) is 12.8 Å². The highest BCUT2D eigenvalue weighted by molar-refractivity contribution is 5.69. The van der Waals surface area contributed by atoms with Crippen molar-refractivity contribution in [3.8, 4) is 0 Å². The molecule has 0 spiro atoms. The molecule has 1 unspecified atom stereocenters. The summed E-state index contributed by atoms with van der Waals surface area (Å²) >= 11 is 0. The van der Waals surface area contributed by atoms with Gasteiger partial charge in [-0.3, -0.25) is 9.59 Å². The van der Waals surface area contributed by atoms with E-state index in [4.69, 9.17) is 9.47 Å². The minimum Gasteiger partial charge on any atom is -0.463 e. The SMILES string of the molecule is CCCCCCCCC(C)OC(=O)CCCCCN(CCC)CCCCCC(=O)OC(CCCCCCCC)CCCCCCCC. The molecule has 0 aromatic carbocycles. The van der Waals surface area contributed by atoms with Crippen LogP contribution >= 0.6 is 0 Å². The Balaban J connectivity index is 4.14. The average molecular weight is 666 g/mol. The largest absolute Gasteiger partial charge is 0.463 e. The van der Waals surface area contributed by atoms with Crippen molar-refractivity contribution in [2.45, 2.75) is 239 Å². The fourth-order valence-electron chi connectivity index (χ4n) is 6.58. The molecule has 47 heavy (non-hydrogen) atoms. The maximum Gasteiger partial charge on any atom is 0.306 e. The molecule has 0 aliphatic heterocycles. The summed E-state index contributed by atoms with van der Waals surface area (Å²) in [7, 11) is 0. The molecule has 0 aromatic heterocycles. The summed E-state index contributed by atoms with van der Waals surface area (Å²) < 4.78 is 11.7. The first-order valence-electron chi connectivity index (χ1n) is 21.1. The summed E-state index contributed by atoms with van der Waals surface area (Å²) in [5.74, 6) is -0.00345. The van der Waals surface area contributed by atoms with Crippen LogP contribution in [0.2, 0.25) is 0 Å². The number of hydrogen-bond donors (Lipinski definition) is 0. The third kappa shape index (κ3) is 33.2. The highest BCUT2D eigenvalue weighted by Crippen LogP contribution is 2.18. The van der Waals surface area contributed by atoms with Gasteiger partial charge in [-0.15, -0.1) is 0 Å². The van der Waals surface area contributed by atoms with E-state index in [0.717, 1.165) is 90.3 Å². The molecule has 0 radical (unpaired) electrons. The quantitative estimate of drug-likeness (QED) is 0.0488. The van der Waals surface area contributed by atoms with E-state index < -0.39 is 0 Å². The van der Waals surface area contributed by atoms with Crippen LogP contribution in [-0.4, -0.2) is 48.7 Å². The number of carbonyl (C=O) groups excluding carboxylic acids is 2. The van der Waals surface area contributed by atoms with Gasteiger partial charge in [0.25, 0.3) is 0 Å². The van der Waals surface area contributed by atoms with E-state index in [1.807, 2.05) is 6.92 Å². The average Bonchev–Trinajstić information content (AvgIpc) is 3.05. The third-order valence-corrected chi connectivity index (χ3v) is 9.60. The maximum atomic E-state index is 12.7. The Bertz CT molecular complexity index is 653. The number of carbonyl (C=O) groups is 2. The summed E-state index contributed by atoms with van der Waals surface area (Å²) in [5.41, 5.74) is 0. The first-order chi connectivity index (χ1) is 23.0. The molecule has 280 valence electrons. The Morgan fingerprint density at radius 3 is 1.26 bits per heavy atom. The van der Waals surface area contributed by atoms with Gasteiger partial charge in [-0.25, -0.2) is 0 Å². The molecule has 0 saturated carbocycles. The van der Waals surface area contributed by atoms with Crippen LogP contribution in [0.4, 0.5) is 0 Å². The maximum absolute atomic E-state index is 12.7. The van der Waals surface area contributed by atoms with Crippen molar-refractivity contribution in [3.05, 3.63) is 0 Å². The van der Waals surface area contributed by atoms with Crippen LogP contribution in [0.5, 0.6) is 0 Å². The number of esters is 2. The molecule has 1 atom stereocenters. The Morgan fingerprint density at radius 2 is 0.809 bits per heavy atom. The monoisotopic (exact) mass is 666 g/mol. The van der Waals surface area contributed by atoms with Crippen LogP contribution in [0.1, 0.15) is 227 Å². The van der Waals surface area contributed by atoms with Crippen molar-refractivity contribution in [3.63, 3.8) is 0 Å². The molecule has 0 rings (SSSR count). The molecule has 0 aromatic rings. The topological polar surface area (TPSA) is 55.8 Å². The zero-order valence-corrected chi connectivity index (χ0v) is 32.6. The van der Waals surface area contributed by atoms with Crippen molar-refractivity contribution >= 4 is 11.9 Å².